The number of sulfonamides is 1. The Labute approximate surface area is 139 Å². The second-order valence-corrected chi connectivity index (χ2v) is 7.85. The van der Waals surface area contributed by atoms with Gasteiger partial charge in [0.1, 0.15) is 0 Å². The summed E-state index contributed by atoms with van der Waals surface area (Å²) in [4.78, 5) is 24.3. The number of rotatable bonds is 5. The van der Waals surface area contributed by atoms with Crippen LogP contribution in [0, 0.1) is 0 Å². The third kappa shape index (κ3) is 4.04. The van der Waals surface area contributed by atoms with Gasteiger partial charge in [0.05, 0.1) is 16.2 Å². The van der Waals surface area contributed by atoms with Gasteiger partial charge in [-0.1, -0.05) is 0 Å². The van der Waals surface area contributed by atoms with E-state index in [1.165, 1.54) is 40.3 Å². The Hall–Kier alpha value is -1.58. The largest absolute Gasteiger partial charge is 0.478 e. The van der Waals surface area contributed by atoms with Gasteiger partial charge < -0.3 is 10.0 Å². The highest BCUT2D eigenvalue weighted by Crippen LogP contribution is 2.18. The summed E-state index contributed by atoms with van der Waals surface area (Å²) in [6.07, 6.45) is 1.85. The number of thioether (sulfide) groups is 1. The maximum atomic E-state index is 12.5. The van der Waals surface area contributed by atoms with Crippen molar-refractivity contribution in [2.24, 2.45) is 0 Å². The third-order valence-electron chi connectivity index (χ3n) is 3.60. The number of nitrogens with zero attached hydrogens (tertiary/aromatic N) is 2. The molecule has 0 unspecified atom stereocenters. The van der Waals surface area contributed by atoms with Crippen LogP contribution < -0.4 is 0 Å². The molecule has 0 aliphatic carbocycles. The first-order chi connectivity index (χ1) is 10.9. The Morgan fingerprint density at radius 2 is 1.70 bits per heavy atom. The molecule has 2 rings (SSSR count). The smallest absolute Gasteiger partial charge is 0.335 e. The third-order valence-corrected chi connectivity index (χ3v) is 6.05. The Morgan fingerprint density at radius 1 is 1.13 bits per heavy atom. The number of hydrogen-bond acceptors (Lipinski definition) is 5. The zero-order chi connectivity index (χ0) is 17.0. The van der Waals surface area contributed by atoms with Gasteiger partial charge in [-0.05, 0) is 30.5 Å². The number of hydrogen-bond donors (Lipinski definition) is 1. The maximum absolute atomic E-state index is 12.5. The minimum Gasteiger partial charge on any atom is -0.478 e. The molecule has 1 fully saturated rings. The van der Waals surface area contributed by atoms with Gasteiger partial charge in [-0.25, -0.2) is 13.2 Å². The molecule has 0 aromatic heterocycles. The van der Waals surface area contributed by atoms with E-state index in [1.807, 2.05) is 6.26 Å². The van der Waals surface area contributed by atoms with E-state index < -0.39 is 16.0 Å². The van der Waals surface area contributed by atoms with Crippen molar-refractivity contribution >= 4 is 33.7 Å². The van der Waals surface area contributed by atoms with E-state index in [-0.39, 0.29) is 29.5 Å². The van der Waals surface area contributed by atoms with Crippen molar-refractivity contribution in [3.63, 3.8) is 0 Å². The minimum absolute atomic E-state index is 0.0142. The molecule has 0 saturated carbocycles. The quantitative estimate of drug-likeness (QED) is 0.827. The molecular weight excluding hydrogens is 340 g/mol. The first-order valence-corrected chi connectivity index (χ1v) is 9.80. The normalized spacial score (nSPS) is 16.3. The van der Waals surface area contributed by atoms with Crippen LogP contribution in [0.1, 0.15) is 10.4 Å². The van der Waals surface area contributed by atoms with Gasteiger partial charge in [0.25, 0.3) is 0 Å². The highest BCUT2D eigenvalue weighted by atomic mass is 32.2. The lowest BCUT2D eigenvalue weighted by Crippen LogP contribution is -2.50. The van der Waals surface area contributed by atoms with Gasteiger partial charge >= 0.3 is 5.97 Å². The first-order valence-electron chi connectivity index (χ1n) is 6.96. The molecule has 23 heavy (non-hydrogen) atoms. The zero-order valence-electron chi connectivity index (χ0n) is 12.6. The van der Waals surface area contributed by atoms with Crippen molar-refractivity contribution in [2.45, 2.75) is 4.90 Å². The second kappa shape index (κ2) is 7.33. The number of piperazine rings is 1. The van der Waals surface area contributed by atoms with Crippen LogP contribution in [0.4, 0.5) is 0 Å². The molecule has 7 nitrogen and oxygen atoms in total. The molecular formula is C14H18N2O5S2. The Balaban J connectivity index is 2.07. The SMILES string of the molecule is CSCC(=O)N1CCN(S(=O)(=O)c2ccc(C(=O)O)cc2)CC1. The first kappa shape index (κ1) is 17.8. The molecule has 1 amide bonds. The predicted molar refractivity (Wildman–Crippen MR) is 87.1 cm³/mol. The summed E-state index contributed by atoms with van der Waals surface area (Å²) in [5.74, 6) is -0.695. The standard InChI is InChI=1S/C14H18N2O5S2/c1-22-10-13(17)15-6-8-16(9-7-15)23(20,21)12-4-2-11(3-5-12)14(18)19/h2-5H,6-10H2,1H3,(H,18,19). The van der Waals surface area contributed by atoms with Gasteiger partial charge in [0.15, 0.2) is 0 Å². The van der Waals surface area contributed by atoms with Crippen LogP contribution in [0.5, 0.6) is 0 Å². The Morgan fingerprint density at radius 3 is 2.17 bits per heavy atom. The van der Waals surface area contributed by atoms with E-state index in [4.69, 9.17) is 5.11 Å². The summed E-state index contributed by atoms with van der Waals surface area (Å²) in [5, 5.41) is 8.85. The maximum Gasteiger partial charge on any atom is 0.335 e. The van der Waals surface area contributed by atoms with Crippen molar-refractivity contribution in [2.75, 3.05) is 38.2 Å². The zero-order valence-corrected chi connectivity index (χ0v) is 14.3. The molecule has 0 bridgehead atoms. The summed E-state index contributed by atoms with van der Waals surface area (Å²) in [6, 6.07) is 5.13. The monoisotopic (exact) mass is 358 g/mol. The van der Waals surface area contributed by atoms with E-state index in [0.717, 1.165) is 0 Å². The summed E-state index contributed by atoms with van der Waals surface area (Å²) in [6.45, 7) is 1.21. The molecule has 1 aromatic carbocycles. The number of amides is 1. The van der Waals surface area contributed by atoms with E-state index in [9.17, 15) is 18.0 Å². The Bertz CT molecular complexity index is 680. The fourth-order valence-electron chi connectivity index (χ4n) is 2.31. The van der Waals surface area contributed by atoms with E-state index >= 15 is 0 Å². The average Bonchev–Trinajstić information content (AvgIpc) is 2.55. The van der Waals surface area contributed by atoms with Crippen molar-refractivity contribution < 1.29 is 23.1 Å². The number of aromatic carboxylic acids is 1. The average molecular weight is 358 g/mol. The lowest BCUT2D eigenvalue weighted by Gasteiger charge is -2.34. The molecule has 1 heterocycles. The van der Waals surface area contributed by atoms with Crippen LogP contribution in [-0.2, 0) is 14.8 Å². The number of carbonyl (C=O) groups excluding carboxylic acids is 1. The molecule has 9 heteroatoms. The van der Waals surface area contributed by atoms with Gasteiger partial charge in [0.2, 0.25) is 15.9 Å². The van der Waals surface area contributed by atoms with Crippen LogP contribution in [0.3, 0.4) is 0 Å². The lowest BCUT2D eigenvalue weighted by molar-refractivity contribution is -0.129. The fourth-order valence-corrected chi connectivity index (χ4v) is 4.16. The number of carboxylic acid groups (broad SMARTS) is 1. The number of benzene rings is 1. The van der Waals surface area contributed by atoms with Gasteiger partial charge in [-0.2, -0.15) is 16.1 Å². The van der Waals surface area contributed by atoms with Crippen LogP contribution >= 0.6 is 11.8 Å². The molecule has 0 atom stereocenters. The summed E-state index contributed by atoms with van der Waals surface area (Å²) in [7, 11) is -3.67. The van der Waals surface area contributed by atoms with Crippen LogP contribution in [0.25, 0.3) is 0 Å². The molecule has 1 saturated heterocycles. The van der Waals surface area contributed by atoms with Gasteiger partial charge in [-0.15, -0.1) is 0 Å². The molecule has 0 spiro atoms. The Kier molecular flexibility index (Phi) is 5.66. The molecule has 1 aliphatic heterocycles. The summed E-state index contributed by atoms with van der Waals surface area (Å²) in [5.41, 5.74) is 0.0384. The van der Waals surface area contributed by atoms with Crippen molar-refractivity contribution in [3.05, 3.63) is 29.8 Å². The topological polar surface area (TPSA) is 95.0 Å². The van der Waals surface area contributed by atoms with Gasteiger partial charge in [-0.3, -0.25) is 4.79 Å². The minimum atomic E-state index is -3.67. The van der Waals surface area contributed by atoms with E-state index in [2.05, 4.69) is 0 Å². The highest BCUT2D eigenvalue weighted by Gasteiger charge is 2.29. The van der Waals surface area contributed by atoms with Crippen molar-refractivity contribution in [1.29, 1.82) is 0 Å². The molecule has 0 radical (unpaired) electrons. The van der Waals surface area contributed by atoms with Crippen molar-refractivity contribution in [3.8, 4) is 0 Å². The number of carbonyl (C=O) groups is 2. The van der Waals surface area contributed by atoms with Crippen LogP contribution in [-0.4, -0.2) is 72.8 Å². The molecule has 1 aliphatic rings. The summed E-state index contributed by atoms with van der Waals surface area (Å²) >= 11 is 1.44. The second-order valence-electron chi connectivity index (χ2n) is 5.05. The van der Waals surface area contributed by atoms with Crippen LogP contribution in [0.15, 0.2) is 29.2 Å². The highest BCUT2D eigenvalue weighted by molar-refractivity contribution is 7.99. The number of carboxylic acids is 1. The lowest BCUT2D eigenvalue weighted by atomic mass is 10.2. The molecule has 1 N–H and O–H groups in total. The van der Waals surface area contributed by atoms with E-state index in [0.29, 0.717) is 18.8 Å². The predicted octanol–water partition coefficient (Wildman–Crippen LogP) is 0.581. The van der Waals surface area contributed by atoms with Crippen LogP contribution in [0.2, 0.25) is 0 Å². The van der Waals surface area contributed by atoms with E-state index in [1.54, 1.807) is 4.90 Å². The van der Waals surface area contributed by atoms with Crippen molar-refractivity contribution in [1.82, 2.24) is 9.21 Å². The molecule has 126 valence electrons. The summed E-state index contributed by atoms with van der Waals surface area (Å²) < 4.78 is 26.4. The van der Waals surface area contributed by atoms with Gasteiger partial charge in [0, 0.05) is 26.2 Å². The molecule has 1 aromatic rings. The fraction of sp³-hybridized carbons (Fsp3) is 0.429.